The Morgan fingerprint density at radius 3 is 1.83 bits per heavy atom. The summed E-state index contributed by atoms with van der Waals surface area (Å²) in [6, 6.07) is 0. The summed E-state index contributed by atoms with van der Waals surface area (Å²) in [7, 11) is 0. The Morgan fingerprint density at radius 1 is 1.17 bits per heavy atom. The maximum Gasteiger partial charge on any atom is 0.121 e. The predicted octanol–water partition coefficient (Wildman–Crippen LogP) is 1.71. The summed E-state index contributed by atoms with van der Waals surface area (Å²) in [6.45, 7) is 12.6. The number of rotatable bonds is 5. The second-order valence-electron chi connectivity index (χ2n) is 3.28. The Labute approximate surface area is 75.3 Å². The number of oxime groups is 1. The molecule has 1 N–H and O–H groups in total. The van der Waals surface area contributed by atoms with Gasteiger partial charge in [0.05, 0.1) is 19.6 Å². The number of hydrogen-bond acceptors (Lipinski definition) is 2. The molecule has 0 aromatic heterocycles. The smallest absolute Gasteiger partial charge is 0.121 e. The minimum atomic E-state index is 0.820. The molecule has 0 rings (SSSR count). The van der Waals surface area contributed by atoms with Gasteiger partial charge in [-0.2, -0.15) is 0 Å². The van der Waals surface area contributed by atoms with E-state index in [1.165, 1.54) is 0 Å². The van der Waals surface area contributed by atoms with E-state index in [9.17, 15) is 0 Å². The third-order valence-electron chi connectivity index (χ3n) is 2.75. The topological polar surface area (TPSA) is 32.6 Å². The lowest BCUT2D eigenvalue weighted by molar-refractivity contribution is -0.914. The van der Waals surface area contributed by atoms with Crippen molar-refractivity contribution in [1.82, 2.24) is 0 Å². The SMILES string of the molecule is CC[N+](CC)(CC)C/C(C)=N\O. The van der Waals surface area contributed by atoms with Crippen LogP contribution >= 0.6 is 0 Å². The fraction of sp³-hybridized carbons (Fsp3) is 0.889. The van der Waals surface area contributed by atoms with Crippen molar-refractivity contribution in [3.05, 3.63) is 0 Å². The first kappa shape index (κ1) is 11.4. The third-order valence-corrected chi connectivity index (χ3v) is 2.75. The Hall–Kier alpha value is -0.570. The number of nitrogens with zero attached hydrogens (tertiary/aromatic N) is 2. The zero-order chi connectivity index (χ0) is 9.61. The molecule has 72 valence electrons. The number of hydrogen-bond donors (Lipinski definition) is 1. The molecular weight excluding hydrogens is 152 g/mol. The third kappa shape index (κ3) is 2.81. The van der Waals surface area contributed by atoms with Gasteiger partial charge in [-0.1, -0.05) is 5.16 Å². The molecule has 0 aliphatic carbocycles. The van der Waals surface area contributed by atoms with Crippen molar-refractivity contribution >= 4 is 5.71 Å². The molecule has 0 saturated carbocycles. The average molecular weight is 173 g/mol. The highest BCUT2D eigenvalue weighted by Crippen LogP contribution is 2.05. The standard InChI is InChI=1S/C9H20N2O/c1-5-11(6-2,7-3)8-9(4)10-12/h5-8H2,1-4H3/p+1/b10-9-. The summed E-state index contributed by atoms with van der Waals surface area (Å²) in [5.74, 6) is 0. The molecule has 3 heteroatoms. The van der Waals surface area contributed by atoms with E-state index in [1.807, 2.05) is 6.92 Å². The van der Waals surface area contributed by atoms with Crippen molar-refractivity contribution in [2.75, 3.05) is 26.2 Å². The monoisotopic (exact) mass is 173 g/mol. The van der Waals surface area contributed by atoms with Crippen LogP contribution in [0.1, 0.15) is 27.7 Å². The maximum atomic E-state index is 8.56. The van der Waals surface area contributed by atoms with E-state index in [1.54, 1.807) is 0 Å². The summed E-state index contributed by atoms with van der Waals surface area (Å²) in [6.07, 6.45) is 0. The van der Waals surface area contributed by atoms with Gasteiger partial charge in [-0.25, -0.2) is 0 Å². The molecule has 0 heterocycles. The first-order valence-electron chi connectivity index (χ1n) is 4.66. The molecule has 0 bridgehead atoms. The maximum absolute atomic E-state index is 8.56. The Kier molecular flexibility index (Phi) is 4.90. The summed E-state index contributed by atoms with van der Waals surface area (Å²) >= 11 is 0. The summed E-state index contributed by atoms with van der Waals surface area (Å²) < 4.78 is 1.01. The Morgan fingerprint density at radius 2 is 1.58 bits per heavy atom. The molecular formula is C9H21N2O+. The summed E-state index contributed by atoms with van der Waals surface area (Å²) in [5, 5.41) is 11.8. The summed E-state index contributed by atoms with van der Waals surface area (Å²) in [4.78, 5) is 0. The Balaban J connectivity index is 4.30. The molecule has 0 saturated heterocycles. The normalized spacial score (nSPS) is 13.5. The van der Waals surface area contributed by atoms with Gasteiger partial charge in [-0.05, 0) is 27.7 Å². The van der Waals surface area contributed by atoms with Gasteiger partial charge in [0.15, 0.2) is 0 Å². The largest absolute Gasteiger partial charge is 0.411 e. The van der Waals surface area contributed by atoms with Gasteiger partial charge in [-0.3, -0.25) is 0 Å². The second-order valence-corrected chi connectivity index (χ2v) is 3.28. The molecule has 0 amide bonds. The zero-order valence-electron chi connectivity index (χ0n) is 8.67. The van der Waals surface area contributed by atoms with Crippen LogP contribution in [-0.2, 0) is 0 Å². The van der Waals surface area contributed by atoms with Crippen LogP contribution in [0.4, 0.5) is 0 Å². The van der Waals surface area contributed by atoms with Crippen LogP contribution < -0.4 is 0 Å². The van der Waals surface area contributed by atoms with E-state index in [0.29, 0.717) is 0 Å². The van der Waals surface area contributed by atoms with Crippen LogP contribution in [0.3, 0.4) is 0 Å². The molecule has 3 nitrogen and oxygen atoms in total. The van der Waals surface area contributed by atoms with Gasteiger partial charge < -0.3 is 9.69 Å². The molecule has 0 radical (unpaired) electrons. The fourth-order valence-corrected chi connectivity index (χ4v) is 1.52. The molecule has 0 unspecified atom stereocenters. The minimum absolute atomic E-state index is 0.820. The molecule has 0 aliphatic heterocycles. The van der Waals surface area contributed by atoms with Crippen molar-refractivity contribution in [2.45, 2.75) is 27.7 Å². The second kappa shape index (κ2) is 5.14. The van der Waals surface area contributed by atoms with Gasteiger partial charge in [0.25, 0.3) is 0 Å². The molecule has 0 spiro atoms. The van der Waals surface area contributed by atoms with Gasteiger partial charge in [0.2, 0.25) is 0 Å². The van der Waals surface area contributed by atoms with E-state index < -0.39 is 0 Å². The highest BCUT2D eigenvalue weighted by atomic mass is 16.4. The number of quaternary nitrogens is 1. The molecule has 0 fully saturated rings. The summed E-state index contributed by atoms with van der Waals surface area (Å²) in [5.41, 5.74) is 0.820. The predicted molar refractivity (Wildman–Crippen MR) is 51.6 cm³/mol. The highest BCUT2D eigenvalue weighted by molar-refractivity contribution is 5.82. The van der Waals surface area contributed by atoms with Gasteiger partial charge in [0, 0.05) is 0 Å². The molecule has 12 heavy (non-hydrogen) atoms. The van der Waals surface area contributed by atoms with E-state index in [-0.39, 0.29) is 0 Å². The lowest BCUT2D eigenvalue weighted by Gasteiger charge is -2.35. The van der Waals surface area contributed by atoms with E-state index >= 15 is 0 Å². The van der Waals surface area contributed by atoms with Crippen molar-refractivity contribution in [1.29, 1.82) is 0 Å². The van der Waals surface area contributed by atoms with Crippen molar-refractivity contribution in [3.8, 4) is 0 Å². The van der Waals surface area contributed by atoms with Gasteiger partial charge in [0.1, 0.15) is 12.3 Å². The van der Waals surface area contributed by atoms with Gasteiger partial charge in [-0.15, -0.1) is 0 Å². The van der Waals surface area contributed by atoms with Crippen LogP contribution in [0.25, 0.3) is 0 Å². The first-order valence-corrected chi connectivity index (χ1v) is 4.66. The van der Waals surface area contributed by atoms with Crippen molar-refractivity contribution in [2.24, 2.45) is 5.16 Å². The van der Waals surface area contributed by atoms with Crippen LogP contribution in [-0.4, -0.2) is 41.6 Å². The molecule has 0 aliphatic rings. The van der Waals surface area contributed by atoms with Crippen molar-refractivity contribution < 1.29 is 9.69 Å². The molecule has 0 aromatic carbocycles. The average Bonchev–Trinajstić information content (AvgIpc) is 2.14. The van der Waals surface area contributed by atoms with E-state index in [0.717, 1.165) is 36.4 Å². The van der Waals surface area contributed by atoms with Crippen LogP contribution in [0.2, 0.25) is 0 Å². The van der Waals surface area contributed by atoms with Crippen LogP contribution in [0.5, 0.6) is 0 Å². The van der Waals surface area contributed by atoms with Crippen LogP contribution in [0.15, 0.2) is 5.16 Å². The fourth-order valence-electron chi connectivity index (χ4n) is 1.52. The van der Waals surface area contributed by atoms with Gasteiger partial charge >= 0.3 is 0 Å². The van der Waals surface area contributed by atoms with E-state index in [2.05, 4.69) is 25.9 Å². The highest BCUT2D eigenvalue weighted by Gasteiger charge is 2.21. The minimum Gasteiger partial charge on any atom is -0.411 e. The molecule has 0 atom stereocenters. The Bertz CT molecular complexity index is 142. The molecule has 0 aromatic rings. The lowest BCUT2D eigenvalue weighted by atomic mass is 10.3. The van der Waals surface area contributed by atoms with Crippen molar-refractivity contribution in [3.63, 3.8) is 0 Å². The van der Waals surface area contributed by atoms with E-state index in [4.69, 9.17) is 5.21 Å². The van der Waals surface area contributed by atoms with Crippen LogP contribution in [0, 0.1) is 0 Å². The lowest BCUT2D eigenvalue weighted by Crippen LogP contribution is -2.50. The first-order chi connectivity index (χ1) is 5.64. The zero-order valence-corrected chi connectivity index (χ0v) is 8.67. The quantitative estimate of drug-likeness (QED) is 0.292.